The van der Waals surface area contributed by atoms with Crippen molar-refractivity contribution >= 4 is 6.29 Å². The Kier molecular flexibility index (Phi) is 6.50. The first-order chi connectivity index (χ1) is 4.81. The van der Waals surface area contributed by atoms with Crippen molar-refractivity contribution in [1.29, 1.82) is 0 Å². The number of aldehydes is 1. The Morgan fingerprint density at radius 1 is 1.50 bits per heavy atom. The van der Waals surface area contributed by atoms with Gasteiger partial charge in [0.25, 0.3) is 0 Å². The maximum atomic E-state index is 9.89. The van der Waals surface area contributed by atoms with Gasteiger partial charge in [-0.1, -0.05) is 13.3 Å². The predicted octanol–water partition coefficient (Wildman–Crippen LogP) is 1.34. The molecule has 1 unspecified atom stereocenters. The molecule has 0 rings (SSSR count). The molecule has 0 saturated carbocycles. The van der Waals surface area contributed by atoms with Crippen LogP contribution in [0.5, 0.6) is 0 Å². The smallest absolute Gasteiger partial charge is 0.119 e. The second-order valence-corrected chi connectivity index (χ2v) is 2.79. The van der Waals surface area contributed by atoms with Gasteiger partial charge >= 0.3 is 0 Å². The van der Waals surface area contributed by atoms with E-state index in [1.165, 1.54) is 0 Å². The van der Waals surface area contributed by atoms with Gasteiger partial charge in [-0.15, -0.1) is 0 Å². The van der Waals surface area contributed by atoms with Crippen molar-refractivity contribution in [3.63, 3.8) is 0 Å². The number of unbranched alkanes of at least 4 members (excludes halogenated alkanes) is 2. The number of carbonyl (C=O) groups is 1. The van der Waals surface area contributed by atoms with Gasteiger partial charge in [0, 0.05) is 6.42 Å². The SMILES string of the molecule is CC(CN)CCCCC=O. The summed E-state index contributed by atoms with van der Waals surface area (Å²) in [6.45, 7) is 2.90. The van der Waals surface area contributed by atoms with Gasteiger partial charge in [-0.3, -0.25) is 0 Å². The van der Waals surface area contributed by atoms with Crippen LogP contribution in [0, 0.1) is 5.92 Å². The standard InChI is InChI=1S/C8H17NO/c1-8(7-9)5-3-2-4-6-10/h6,8H,2-5,7,9H2,1H3. The van der Waals surface area contributed by atoms with E-state index in [0.717, 1.165) is 32.1 Å². The topological polar surface area (TPSA) is 43.1 Å². The lowest BCUT2D eigenvalue weighted by Crippen LogP contribution is -2.10. The fraction of sp³-hybridized carbons (Fsp3) is 0.875. The van der Waals surface area contributed by atoms with Crippen LogP contribution >= 0.6 is 0 Å². The zero-order valence-electron chi connectivity index (χ0n) is 6.68. The summed E-state index contributed by atoms with van der Waals surface area (Å²) < 4.78 is 0. The van der Waals surface area contributed by atoms with Gasteiger partial charge in [0.05, 0.1) is 0 Å². The van der Waals surface area contributed by atoms with Gasteiger partial charge in [0.1, 0.15) is 6.29 Å². The summed E-state index contributed by atoms with van der Waals surface area (Å²) in [6, 6.07) is 0. The summed E-state index contributed by atoms with van der Waals surface area (Å²) in [7, 11) is 0. The number of carbonyl (C=O) groups excluding carboxylic acids is 1. The van der Waals surface area contributed by atoms with Gasteiger partial charge in [0.2, 0.25) is 0 Å². The molecule has 0 bridgehead atoms. The molecule has 60 valence electrons. The molecule has 0 spiro atoms. The summed E-state index contributed by atoms with van der Waals surface area (Å²) in [6.07, 6.45) is 5.00. The molecule has 2 N–H and O–H groups in total. The first kappa shape index (κ1) is 9.63. The summed E-state index contributed by atoms with van der Waals surface area (Å²) in [5.41, 5.74) is 5.42. The first-order valence-corrected chi connectivity index (χ1v) is 3.95. The van der Waals surface area contributed by atoms with Crippen LogP contribution in [0.2, 0.25) is 0 Å². The van der Waals surface area contributed by atoms with Crippen molar-refractivity contribution < 1.29 is 4.79 Å². The van der Waals surface area contributed by atoms with Crippen molar-refractivity contribution in [3.05, 3.63) is 0 Å². The molecule has 2 heteroatoms. The van der Waals surface area contributed by atoms with E-state index in [0.29, 0.717) is 12.3 Å². The Morgan fingerprint density at radius 3 is 2.70 bits per heavy atom. The average molecular weight is 143 g/mol. The summed E-state index contributed by atoms with van der Waals surface area (Å²) in [5, 5.41) is 0. The van der Waals surface area contributed by atoms with E-state index in [1.807, 2.05) is 0 Å². The quantitative estimate of drug-likeness (QED) is 0.450. The maximum absolute atomic E-state index is 9.89. The van der Waals surface area contributed by atoms with Crippen LogP contribution in [0.1, 0.15) is 32.6 Å². The highest BCUT2D eigenvalue weighted by atomic mass is 16.1. The van der Waals surface area contributed by atoms with E-state index in [1.54, 1.807) is 0 Å². The molecule has 0 aliphatic carbocycles. The van der Waals surface area contributed by atoms with Crippen molar-refractivity contribution in [2.45, 2.75) is 32.6 Å². The van der Waals surface area contributed by atoms with Gasteiger partial charge in [-0.2, -0.15) is 0 Å². The normalized spacial score (nSPS) is 13.0. The van der Waals surface area contributed by atoms with Crippen LogP contribution in [0.25, 0.3) is 0 Å². The molecular formula is C8H17NO. The molecule has 0 radical (unpaired) electrons. The fourth-order valence-corrected chi connectivity index (χ4v) is 0.838. The lowest BCUT2D eigenvalue weighted by molar-refractivity contribution is -0.107. The van der Waals surface area contributed by atoms with Gasteiger partial charge in [-0.05, 0) is 25.3 Å². The predicted molar refractivity (Wildman–Crippen MR) is 42.8 cm³/mol. The first-order valence-electron chi connectivity index (χ1n) is 3.95. The number of hydrogen-bond donors (Lipinski definition) is 1. The zero-order chi connectivity index (χ0) is 7.82. The Morgan fingerprint density at radius 2 is 2.20 bits per heavy atom. The molecule has 0 amide bonds. The molecule has 0 fully saturated rings. The Hall–Kier alpha value is -0.370. The van der Waals surface area contributed by atoms with Gasteiger partial charge < -0.3 is 10.5 Å². The average Bonchev–Trinajstić information content (AvgIpc) is 1.98. The third-order valence-corrected chi connectivity index (χ3v) is 1.67. The minimum absolute atomic E-state index is 0.617. The molecule has 1 atom stereocenters. The van der Waals surface area contributed by atoms with Crippen LogP contribution in [-0.2, 0) is 4.79 Å². The van der Waals surface area contributed by atoms with Crippen LogP contribution in [-0.4, -0.2) is 12.8 Å². The van der Waals surface area contributed by atoms with Gasteiger partial charge in [0.15, 0.2) is 0 Å². The van der Waals surface area contributed by atoms with E-state index < -0.39 is 0 Å². The van der Waals surface area contributed by atoms with Crippen LogP contribution in [0.15, 0.2) is 0 Å². The lowest BCUT2D eigenvalue weighted by atomic mass is 10.0. The summed E-state index contributed by atoms with van der Waals surface area (Å²) >= 11 is 0. The van der Waals surface area contributed by atoms with E-state index >= 15 is 0 Å². The second kappa shape index (κ2) is 6.75. The molecule has 0 aliphatic rings. The molecule has 0 aromatic carbocycles. The molecule has 0 aliphatic heterocycles. The van der Waals surface area contributed by atoms with Crippen LogP contribution < -0.4 is 5.73 Å². The Balaban J connectivity index is 2.95. The monoisotopic (exact) mass is 143 g/mol. The van der Waals surface area contributed by atoms with E-state index in [4.69, 9.17) is 5.73 Å². The number of nitrogens with two attached hydrogens (primary N) is 1. The molecule has 0 saturated heterocycles. The zero-order valence-corrected chi connectivity index (χ0v) is 6.68. The van der Waals surface area contributed by atoms with E-state index in [2.05, 4.69) is 6.92 Å². The lowest BCUT2D eigenvalue weighted by Gasteiger charge is -2.05. The van der Waals surface area contributed by atoms with Crippen molar-refractivity contribution in [2.24, 2.45) is 11.7 Å². The van der Waals surface area contributed by atoms with E-state index in [-0.39, 0.29) is 0 Å². The fourth-order valence-electron chi connectivity index (χ4n) is 0.838. The number of hydrogen-bond acceptors (Lipinski definition) is 2. The van der Waals surface area contributed by atoms with Crippen LogP contribution in [0.4, 0.5) is 0 Å². The van der Waals surface area contributed by atoms with Crippen molar-refractivity contribution in [1.82, 2.24) is 0 Å². The maximum Gasteiger partial charge on any atom is 0.119 e. The molecule has 0 aromatic rings. The highest BCUT2D eigenvalue weighted by Crippen LogP contribution is 2.06. The third-order valence-electron chi connectivity index (χ3n) is 1.67. The largest absolute Gasteiger partial charge is 0.330 e. The summed E-state index contributed by atoms with van der Waals surface area (Å²) in [4.78, 5) is 9.89. The molecule has 0 aromatic heterocycles. The molecule has 10 heavy (non-hydrogen) atoms. The highest BCUT2D eigenvalue weighted by Gasteiger charge is 1.96. The van der Waals surface area contributed by atoms with E-state index in [9.17, 15) is 4.79 Å². The molecule has 2 nitrogen and oxygen atoms in total. The minimum atomic E-state index is 0.617. The van der Waals surface area contributed by atoms with Crippen LogP contribution in [0.3, 0.4) is 0 Å². The van der Waals surface area contributed by atoms with Crippen molar-refractivity contribution in [3.8, 4) is 0 Å². The number of rotatable bonds is 6. The highest BCUT2D eigenvalue weighted by molar-refractivity contribution is 5.48. The van der Waals surface area contributed by atoms with Crippen molar-refractivity contribution in [2.75, 3.05) is 6.54 Å². The second-order valence-electron chi connectivity index (χ2n) is 2.79. The minimum Gasteiger partial charge on any atom is -0.330 e. The Bertz CT molecular complexity index is 83.3. The third kappa shape index (κ3) is 5.76. The summed E-state index contributed by atoms with van der Waals surface area (Å²) in [5.74, 6) is 0.617. The Labute approximate surface area is 62.8 Å². The molecule has 0 heterocycles. The van der Waals surface area contributed by atoms with Gasteiger partial charge in [-0.25, -0.2) is 0 Å². The molecular weight excluding hydrogens is 126 g/mol.